The van der Waals surface area contributed by atoms with Crippen LogP contribution in [0, 0.1) is 0 Å². The van der Waals surface area contributed by atoms with E-state index in [4.69, 9.17) is 0 Å². The molecule has 0 radical (unpaired) electrons. The third-order valence-electron chi connectivity index (χ3n) is 4.32. The van der Waals surface area contributed by atoms with Crippen LogP contribution in [0.25, 0.3) is 17.0 Å². The van der Waals surface area contributed by atoms with E-state index in [9.17, 15) is 4.79 Å². The number of nitrogens with zero attached hydrogens (tertiary/aromatic N) is 2. The van der Waals surface area contributed by atoms with Gasteiger partial charge in [0.1, 0.15) is 11.9 Å². The molecule has 1 aliphatic heterocycles. The summed E-state index contributed by atoms with van der Waals surface area (Å²) in [6.45, 7) is 0. The van der Waals surface area contributed by atoms with Gasteiger partial charge >= 0.3 is 0 Å². The van der Waals surface area contributed by atoms with Gasteiger partial charge in [-0.05, 0) is 18.2 Å². The normalized spacial score (nSPS) is 19.9. The molecule has 0 amide bonds. The van der Waals surface area contributed by atoms with Crippen molar-refractivity contribution in [3.63, 3.8) is 0 Å². The van der Waals surface area contributed by atoms with E-state index in [0.29, 0.717) is 4.48 Å². The summed E-state index contributed by atoms with van der Waals surface area (Å²) >= 11 is 0. The summed E-state index contributed by atoms with van der Waals surface area (Å²) in [5, 5.41) is 1.11. The van der Waals surface area contributed by atoms with Gasteiger partial charge in [0.25, 0.3) is 0 Å². The number of benzene rings is 2. The monoisotopic (exact) mass is 275 g/mol. The highest BCUT2D eigenvalue weighted by Crippen LogP contribution is 2.44. The number of hydrogen-bond acceptors (Lipinski definition) is 1. The number of aromatic nitrogens is 1. The Morgan fingerprint density at radius 3 is 2.62 bits per heavy atom. The van der Waals surface area contributed by atoms with Gasteiger partial charge in [-0.3, -0.25) is 9.36 Å². The Balaban J connectivity index is 2.04. The van der Waals surface area contributed by atoms with Gasteiger partial charge < -0.3 is 0 Å². The molecule has 0 spiro atoms. The van der Waals surface area contributed by atoms with Crippen molar-refractivity contribution in [2.24, 2.45) is 0 Å². The highest BCUT2D eigenvalue weighted by atomic mass is 16.1. The molecule has 1 aromatic heterocycles. The van der Waals surface area contributed by atoms with E-state index in [0.717, 1.165) is 23.0 Å². The van der Waals surface area contributed by atoms with Gasteiger partial charge in [-0.25, -0.2) is 4.48 Å². The fourth-order valence-electron chi connectivity index (χ4n) is 3.21. The van der Waals surface area contributed by atoms with Gasteiger partial charge in [-0.2, -0.15) is 0 Å². The predicted octanol–water partition coefficient (Wildman–Crippen LogP) is 3.93. The number of hydrogen-bond donors (Lipinski definition) is 0. The number of carbonyl (C=O) groups is 1. The minimum absolute atomic E-state index is 0.581. The summed E-state index contributed by atoms with van der Waals surface area (Å²) in [7, 11) is 2.15. The minimum atomic E-state index is 0.581. The third kappa shape index (κ3) is 1.55. The highest BCUT2D eigenvalue weighted by Gasteiger charge is 2.35. The summed E-state index contributed by atoms with van der Waals surface area (Å²) in [5.74, 6) is 0. The lowest BCUT2D eigenvalue weighted by Crippen LogP contribution is -2.30. The molecule has 0 saturated carbocycles. The molecule has 3 aromatic rings. The van der Waals surface area contributed by atoms with Crippen LogP contribution in [0.2, 0.25) is 0 Å². The van der Waals surface area contributed by atoms with E-state index in [1.807, 2.05) is 30.5 Å². The van der Waals surface area contributed by atoms with Crippen molar-refractivity contribution in [2.45, 2.75) is 0 Å². The van der Waals surface area contributed by atoms with Crippen molar-refractivity contribution < 1.29 is 4.79 Å². The molecule has 0 aliphatic carbocycles. The fraction of sp³-hybridized carbons (Fsp3) is 0.0556. The van der Waals surface area contributed by atoms with Crippen LogP contribution in [-0.4, -0.2) is 18.0 Å². The van der Waals surface area contributed by atoms with E-state index in [2.05, 4.69) is 43.6 Å². The van der Waals surface area contributed by atoms with Crippen LogP contribution >= 0.6 is 0 Å². The van der Waals surface area contributed by atoms with Gasteiger partial charge in [0.05, 0.1) is 24.1 Å². The molecule has 21 heavy (non-hydrogen) atoms. The molecule has 4 rings (SSSR count). The molecule has 0 saturated heterocycles. The van der Waals surface area contributed by atoms with E-state index in [1.54, 1.807) is 4.57 Å². The quantitative estimate of drug-likeness (QED) is 0.513. The van der Waals surface area contributed by atoms with Crippen LogP contribution in [0.15, 0.2) is 60.9 Å². The lowest BCUT2D eigenvalue weighted by Gasteiger charge is -2.26. The number of rotatable bonds is 2. The van der Waals surface area contributed by atoms with Gasteiger partial charge in [0, 0.05) is 17.7 Å². The summed E-state index contributed by atoms with van der Waals surface area (Å²) in [6.07, 6.45) is 7.11. The molecule has 0 N–H and O–H groups in total. The average molecular weight is 275 g/mol. The van der Waals surface area contributed by atoms with Gasteiger partial charge in [-0.15, -0.1) is 0 Å². The summed E-state index contributed by atoms with van der Waals surface area (Å²) in [5.41, 5.74) is 4.51. The Kier molecular flexibility index (Phi) is 2.41. The summed E-state index contributed by atoms with van der Waals surface area (Å²) < 4.78 is 2.24. The molecule has 2 aromatic carbocycles. The molecule has 1 aliphatic rings. The molecular formula is C18H15N2O+. The first-order valence-corrected chi connectivity index (χ1v) is 6.94. The second kappa shape index (κ2) is 4.17. The first kappa shape index (κ1) is 12.1. The Morgan fingerprint density at radius 1 is 1.00 bits per heavy atom. The van der Waals surface area contributed by atoms with Crippen molar-refractivity contribution in [2.75, 3.05) is 7.05 Å². The first-order valence-electron chi connectivity index (χ1n) is 6.94. The SMILES string of the molecule is C[N+]1(c2cn(C=O)c3ccccc23)C=Cc2ccccc21. The Bertz CT molecular complexity index is 891. The second-order valence-electron chi connectivity index (χ2n) is 5.49. The van der Waals surface area contributed by atoms with Crippen molar-refractivity contribution in [1.29, 1.82) is 0 Å². The van der Waals surface area contributed by atoms with Crippen LogP contribution in [0.4, 0.5) is 11.4 Å². The molecule has 3 nitrogen and oxygen atoms in total. The van der Waals surface area contributed by atoms with Crippen molar-refractivity contribution in [1.82, 2.24) is 9.05 Å². The second-order valence-corrected chi connectivity index (χ2v) is 5.49. The van der Waals surface area contributed by atoms with Crippen molar-refractivity contribution in [3.8, 4) is 0 Å². The smallest absolute Gasteiger partial charge is 0.218 e. The minimum Gasteiger partial charge on any atom is -0.284 e. The molecule has 2 heterocycles. The zero-order valence-electron chi connectivity index (χ0n) is 11.7. The summed E-state index contributed by atoms with van der Waals surface area (Å²) in [4.78, 5) is 11.3. The van der Waals surface area contributed by atoms with Crippen molar-refractivity contribution in [3.05, 3.63) is 66.5 Å². The van der Waals surface area contributed by atoms with Crippen LogP contribution in [0.1, 0.15) is 5.56 Å². The standard InChI is InChI=1S/C18H15N2O/c1-20(11-10-14-6-2-5-9-17(14)20)18-12-19(13-21)16-8-4-3-7-15(16)18/h2-13H,1H3/q+1. The largest absolute Gasteiger partial charge is 0.284 e. The fourth-order valence-corrected chi connectivity index (χ4v) is 3.21. The maximum absolute atomic E-state index is 11.3. The maximum Gasteiger partial charge on any atom is 0.218 e. The van der Waals surface area contributed by atoms with Crippen LogP contribution in [0.5, 0.6) is 0 Å². The van der Waals surface area contributed by atoms with Crippen molar-refractivity contribution >= 4 is 34.8 Å². The first-order chi connectivity index (χ1) is 10.2. The van der Waals surface area contributed by atoms with E-state index < -0.39 is 0 Å². The molecule has 0 bridgehead atoms. The average Bonchev–Trinajstić information content (AvgIpc) is 3.07. The molecular weight excluding hydrogens is 260 g/mol. The van der Waals surface area contributed by atoms with Gasteiger partial charge in [0.15, 0.2) is 5.69 Å². The zero-order chi connectivity index (χ0) is 14.4. The third-order valence-corrected chi connectivity index (χ3v) is 4.32. The molecule has 0 fully saturated rings. The zero-order valence-corrected chi connectivity index (χ0v) is 11.7. The number of quaternary nitrogens is 1. The Hall–Kier alpha value is -2.65. The number of carbonyl (C=O) groups excluding carboxylic acids is 1. The molecule has 3 heteroatoms. The highest BCUT2D eigenvalue weighted by molar-refractivity contribution is 5.98. The molecule has 102 valence electrons. The maximum atomic E-state index is 11.3. The predicted molar refractivity (Wildman–Crippen MR) is 86.9 cm³/mol. The van der Waals surface area contributed by atoms with E-state index in [1.165, 1.54) is 11.3 Å². The molecule has 1 atom stereocenters. The van der Waals surface area contributed by atoms with Crippen LogP contribution in [-0.2, 0) is 4.79 Å². The van der Waals surface area contributed by atoms with Crippen LogP contribution in [0.3, 0.4) is 0 Å². The Labute approximate surface area is 122 Å². The lowest BCUT2D eigenvalue weighted by molar-refractivity contribution is 0.548. The number of fused-ring (bicyclic) bond motifs is 2. The van der Waals surface area contributed by atoms with Gasteiger partial charge in [-0.1, -0.05) is 24.3 Å². The Morgan fingerprint density at radius 2 is 1.76 bits per heavy atom. The van der Waals surface area contributed by atoms with E-state index >= 15 is 0 Å². The lowest BCUT2D eigenvalue weighted by atomic mass is 10.1. The number of para-hydroxylation sites is 2. The topological polar surface area (TPSA) is 22.0 Å². The van der Waals surface area contributed by atoms with Crippen LogP contribution < -0.4 is 4.48 Å². The molecule has 1 unspecified atom stereocenters. The van der Waals surface area contributed by atoms with Gasteiger partial charge in [0.2, 0.25) is 6.41 Å². The van der Waals surface area contributed by atoms with E-state index in [-0.39, 0.29) is 0 Å². The summed E-state index contributed by atoms with van der Waals surface area (Å²) in [6, 6.07) is 16.4.